The topological polar surface area (TPSA) is 46.6 Å². The fourth-order valence-corrected chi connectivity index (χ4v) is 4.09. The molecule has 0 aliphatic carbocycles. The van der Waals surface area contributed by atoms with Crippen LogP contribution in [0.1, 0.15) is 15.9 Å². The zero-order chi connectivity index (χ0) is 19.3. The molecule has 1 amide bonds. The van der Waals surface area contributed by atoms with Crippen molar-refractivity contribution in [1.29, 1.82) is 0 Å². The zero-order valence-corrected chi connectivity index (χ0v) is 16.0. The van der Waals surface area contributed by atoms with Crippen molar-refractivity contribution in [2.24, 2.45) is 0 Å². The fourth-order valence-electron chi connectivity index (χ4n) is 3.12. The summed E-state index contributed by atoms with van der Waals surface area (Å²) in [5, 5.41) is 0. The Kier molecular flexibility index (Phi) is 5.44. The third-order valence-corrected chi connectivity index (χ3v) is 5.56. The molecule has 1 heterocycles. The summed E-state index contributed by atoms with van der Waals surface area (Å²) in [4.78, 5) is 27.8. The van der Waals surface area contributed by atoms with Crippen molar-refractivity contribution in [2.45, 2.75) is 4.90 Å². The standard InChI is InChI=1S/C23H19NO3S/c25-22-16-28-21-15-18(23(26)17-7-3-1-4-8-17)11-12-20(21)24(22)13-14-27-19-9-5-2-6-10-19/h1-12,15H,13-14,16H2. The van der Waals surface area contributed by atoms with Gasteiger partial charge in [0.05, 0.1) is 18.0 Å². The first kappa shape index (κ1) is 18.3. The summed E-state index contributed by atoms with van der Waals surface area (Å²) in [6.45, 7) is 0.873. The van der Waals surface area contributed by atoms with Gasteiger partial charge in [0, 0.05) is 16.0 Å². The van der Waals surface area contributed by atoms with Crippen LogP contribution in [0.5, 0.6) is 5.75 Å². The van der Waals surface area contributed by atoms with Crippen LogP contribution in [0.25, 0.3) is 0 Å². The molecule has 0 N–H and O–H groups in total. The number of hydrogen-bond acceptors (Lipinski definition) is 4. The van der Waals surface area contributed by atoms with Crippen LogP contribution >= 0.6 is 11.8 Å². The molecule has 0 spiro atoms. The number of ether oxygens (including phenoxy) is 1. The van der Waals surface area contributed by atoms with Crippen molar-refractivity contribution in [1.82, 2.24) is 0 Å². The van der Waals surface area contributed by atoms with E-state index >= 15 is 0 Å². The highest BCUT2D eigenvalue weighted by Gasteiger charge is 2.25. The maximum absolute atomic E-state index is 12.7. The van der Waals surface area contributed by atoms with Crippen LogP contribution in [0.3, 0.4) is 0 Å². The molecular weight excluding hydrogens is 370 g/mol. The fraction of sp³-hybridized carbons (Fsp3) is 0.130. The third-order valence-electron chi connectivity index (χ3n) is 4.53. The maximum Gasteiger partial charge on any atom is 0.237 e. The predicted molar refractivity (Wildman–Crippen MR) is 111 cm³/mol. The minimum Gasteiger partial charge on any atom is -0.492 e. The van der Waals surface area contributed by atoms with E-state index in [2.05, 4.69) is 0 Å². The van der Waals surface area contributed by atoms with E-state index in [1.165, 1.54) is 11.8 Å². The number of fused-ring (bicyclic) bond motifs is 1. The van der Waals surface area contributed by atoms with Gasteiger partial charge in [-0.05, 0) is 30.3 Å². The van der Waals surface area contributed by atoms with E-state index in [9.17, 15) is 9.59 Å². The van der Waals surface area contributed by atoms with Crippen molar-refractivity contribution < 1.29 is 14.3 Å². The molecule has 0 bridgehead atoms. The van der Waals surface area contributed by atoms with Gasteiger partial charge in [-0.2, -0.15) is 0 Å². The lowest BCUT2D eigenvalue weighted by atomic mass is 10.0. The monoisotopic (exact) mass is 389 g/mol. The molecule has 0 aromatic heterocycles. The van der Waals surface area contributed by atoms with Gasteiger partial charge < -0.3 is 9.64 Å². The molecule has 1 aliphatic heterocycles. The number of rotatable bonds is 6. The van der Waals surface area contributed by atoms with Gasteiger partial charge in [-0.3, -0.25) is 9.59 Å². The number of ketones is 1. The molecule has 4 nitrogen and oxygen atoms in total. The second-order valence-electron chi connectivity index (χ2n) is 6.37. The van der Waals surface area contributed by atoms with E-state index in [0.717, 1.165) is 16.3 Å². The second-order valence-corrected chi connectivity index (χ2v) is 7.39. The molecule has 3 aromatic rings. The molecule has 0 fully saturated rings. The van der Waals surface area contributed by atoms with Gasteiger partial charge in [0.25, 0.3) is 0 Å². The Balaban J connectivity index is 1.51. The number of anilines is 1. The van der Waals surface area contributed by atoms with Crippen LogP contribution in [0, 0.1) is 0 Å². The Hall–Kier alpha value is -3.05. The summed E-state index contributed by atoms with van der Waals surface area (Å²) in [5.74, 6) is 1.18. The highest BCUT2D eigenvalue weighted by molar-refractivity contribution is 8.00. The number of nitrogens with zero attached hydrogens (tertiary/aromatic N) is 1. The van der Waals surface area contributed by atoms with Crippen molar-refractivity contribution in [3.05, 3.63) is 90.0 Å². The number of carbonyl (C=O) groups excluding carboxylic acids is 2. The normalized spacial score (nSPS) is 13.1. The summed E-state index contributed by atoms with van der Waals surface area (Å²) in [5.41, 5.74) is 2.13. The summed E-state index contributed by atoms with van der Waals surface area (Å²) >= 11 is 1.47. The molecule has 0 saturated heterocycles. The van der Waals surface area contributed by atoms with Crippen molar-refractivity contribution in [2.75, 3.05) is 23.8 Å². The molecular formula is C23H19NO3S. The van der Waals surface area contributed by atoms with E-state index in [1.807, 2.05) is 72.8 Å². The number of benzene rings is 3. The summed E-state index contributed by atoms with van der Waals surface area (Å²) in [6.07, 6.45) is 0. The lowest BCUT2D eigenvalue weighted by Gasteiger charge is -2.29. The zero-order valence-electron chi connectivity index (χ0n) is 15.2. The van der Waals surface area contributed by atoms with Crippen LogP contribution in [-0.2, 0) is 4.79 Å². The number of hydrogen-bond donors (Lipinski definition) is 0. The molecule has 0 atom stereocenters. The first-order valence-electron chi connectivity index (χ1n) is 9.07. The Labute approximate surface area is 168 Å². The number of amides is 1. The van der Waals surface area contributed by atoms with Gasteiger partial charge in [0.15, 0.2) is 5.78 Å². The lowest BCUT2D eigenvalue weighted by molar-refractivity contribution is -0.116. The van der Waals surface area contributed by atoms with Crippen molar-refractivity contribution in [3.8, 4) is 5.75 Å². The predicted octanol–water partition coefficient (Wildman–Crippen LogP) is 4.44. The van der Waals surface area contributed by atoms with Gasteiger partial charge in [-0.1, -0.05) is 48.5 Å². The van der Waals surface area contributed by atoms with Gasteiger partial charge in [-0.15, -0.1) is 11.8 Å². The van der Waals surface area contributed by atoms with Crippen LogP contribution in [0.2, 0.25) is 0 Å². The molecule has 28 heavy (non-hydrogen) atoms. The van der Waals surface area contributed by atoms with E-state index < -0.39 is 0 Å². The van der Waals surface area contributed by atoms with E-state index in [0.29, 0.717) is 30.0 Å². The Morgan fingerprint density at radius 2 is 1.64 bits per heavy atom. The third kappa shape index (κ3) is 3.94. The molecule has 5 heteroatoms. The number of carbonyl (C=O) groups is 2. The Morgan fingerprint density at radius 1 is 0.929 bits per heavy atom. The minimum atomic E-state index is -0.0140. The van der Waals surface area contributed by atoms with Crippen LogP contribution < -0.4 is 9.64 Å². The lowest BCUT2D eigenvalue weighted by Crippen LogP contribution is -2.38. The van der Waals surface area contributed by atoms with Gasteiger partial charge in [0.1, 0.15) is 12.4 Å². The average Bonchev–Trinajstić information content (AvgIpc) is 2.76. The molecule has 0 saturated carbocycles. The van der Waals surface area contributed by atoms with Gasteiger partial charge >= 0.3 is 0 Å². The maximum atomic E-state index is 12.7. The minimum absolute atomic E-state index is 0.0140. The Bertz CT molecular complexity index is 989. The van der Waals surface area contributed by atoms with E-state index in [-0.39, 0.29) is 11.7 Å². The number of thioether (sulfide) groups is 1. The molecule has 1 aliphatic rings. The van der Waals surface area contributed by atoms with Crippen molar-refractivity contribution >= 4 is 29.1 Å². The van der Waals surface area contributed by atoms with Crippen LogP contribution in [0.15, 0.2) is 83.8 Å². The molecule has 3 aromatic carbocycles. The highest BCUT2D eigenvalue weighted by atomic mass is 32.2. The first-order valence-corrected chi connectivity index (χ1v) is 10.1. The molecule has 0 unspecified atom stereocenters. The smallest absolute Gasteiger partial charge is 0.237 e. The van der Waals surface area contributed by atoms with Crippen molar-refractivity contribution in [3.63, 3.8) is 0 Å². The van der Waals surface area contributed by atoms with Gasteiger partial charge in [-0.25, -0.2) is 0 Å². The highest BCUT2D eigenvalue weighted by Crippen LogP contribution is 2.36. The summed E-state index contributed by atoms with van der Waals surface area (Å²) in [6, 6.07) is 24.3. The number of para-hydroxylation sites is 1. The SMILES string of the molecule is O=C(c1ccccc1)c1ccc2c(c1)SCC(=O)N2CCOc1ccccc1. The van der Waals surface area contributed by atoms with Crippen LogP contribution in [-0.4, -0.2) is 30.6 Å². The van der Waals surface area contributed by atoms with E-state index in [1.54, 1.807) is 11.0 Å². The largest absolute Gasteiger partial charge is 0.492 e. The molecule has 140 valence electrons. The first-order chi connectivity index (χ1) is 13.7. The van der Waals surface area contributed by atoms with Crippen LogP contribution in [0.4, 0.5) is 5.69 Å². The molecule has 4 rings (SSSR count). The average molecular weight is 389 g/mol. The van der Waals surface area contributed by atoms with E-state index in [4.69, 9.17) is 4.74 Å². The summed E-state index contributed by atoms with van der Waals surface area (Å²) < 4.78 is 5.74. The van der Waals surface area contributed by atoms with Gasteiger partial charge in [0.2, 0.25) is 5.91 Å². The second kappa shape index (κ2) is 8.31. The summed E-state index contributed by atoms with van der Waals surface area (Å²) in [7, 11) is 0. The molecule has 0 radical (unpaired) electrons. The Morgan fingerprint density at radius 3 is 2.39 bits per heavy atom. The quantitative estimate of drug-likeness (QED) is 0.585.